The Balaban J connectivity index is 2.49. The molecule has 0 unspecified atom stereocenters. The third-order valence-electron chi connectivity index (χ3n) is 3.31. The highest BCUT2D eigenvalue weighted by atomic mass is 32.1. The zero-order chi connectivity index (χ0) is 15.0. The van der Waals surface area contributed by atoms with Crippen LogP contribution in [0.3, 0.4) is 0 Å². The number of halogens is 3. The summed E-state index contributed by atoms with van der Waals surface area (Å²) >= 11 is 0.575. The fourth-order valence-electron chi connectivity index (χ4n) is 2.49. The van der Waals surface area contributed by atoms with Crippen molar-refractivity contribution in [2.24, 2.45) is 0 Å². The Morgan fingerprint density at radius 3 is 2.45 bits per heavy atom. The largest absolute Gasteiger partial charge is 0.477 e. The molecule has 1 N–H and O–H groups in total. The Bertz CT molecular complexity index is 507. The molecular weight excluding hydrogens is 295 g/mol. The van der Waals surface area contributed by atoms with Crippen molar-refractivity contribution in [1.29, 1.82) is 0 Å². The molecule has 20 heavy (non-hydrogen) atoms. The highest BCUT2D eigenvalue weighted by Crippen LogP contribution is 2.46. The number of carboxylic acids is 1. The minimum Gasteiger partial charge on any atom is -0.477 e. The number of aromatic nitrogens is 1. The quantitative estimate of drug-likeness (QED) is 0.922. The fraction of sp³-hybridized carbons (Fsp3) is 0.667. The van der Waals surface area contributed by atoms with E-state index in [4.69, 9.17) is 9.84 Å². The van der Waals surface area contributed by atoms with Gasteiger partial charge in [-0.2, -0.15) is 13.2 Å². The first-order chi connectivity index (χ1) is 9.30. The highest BCUT2D eigenvalue weighted by Gasteiger charge is 2.45. The smallest absolute Gasteiger partial charge is 0.435 e. The first-order valence-electron chi connectivity index (χ1n) is 6.26. The average Bonchev–Trinajstić information content (AvgIpc) is 2.93. The summed E-state index contributed by atoms with van der Waals surface area (Å²) in [6, 6.07) is 0. The minimum absolute atomic E-state index is 0.126. The van der Waals surface area contributed by atoms with Gasteiger partial charge in [0.1, 0.15) is 15.5 Å². The van der Waals surface area contributed by atoms with Crippen LogP contribution in [0, 0.1) is 0 Å². The number of hydrogen-bond acceptors (Lipinski definition) is 4. The molecule has 1 fully saturated rings. The fourth-order valence-corrected chi connectivity index (χ4v) is 3.62. The van der Waals surface area contributed by atoms with Gasteiger partial charge in [-0.05, 0) is 19.8 Å². The van der Waals surface area contributed by atoms with Gasteiger partial charge in [-0.3, -0.25) is 0 Å². The number of carbonyl (C=O) groups is 1. The Morgan fingerprint density at radius 1 is 1.45 bits per heavy atom. The molecule has 0 bridgehead atoms. The van der Waals surface area contributed by atoms with Gasteiger partial charge in [-0.15, -0.1) is 11.3 Å². The Labute approximate surface area is 117 Å². The standard InChI is InChI=1S/C12H14F3NO3S/c1-2-19-11(5-3-4-6-11)10-16-8(12(13,14)15)7(20-10)9(17)18/h2-6H2,1H3,(H,17,18). The van der Waals surface area contributed by atoms with Gasteiger partial charge >= 0.3 is 12.1 Å². The van der Waals surface area contributed by atoms with Crippen molar-refractivity contribution in [2.45, 2.75) is 44.4 Å². The lowest BCUT2D eigenvalue weighted by Crippen LogP contribution is -2.26. The molecule has 0 radical (unpaired) electrons. The zero-order valence-electron chi connectivity index (χ0n) is 10.8. The molecule has 0 saturated heterocycles. The maximum atomic E-state index is 12.9. The summed E-state index contributed by atoms with van der Waals surface area (Å²) in [5, 5.41) is 9.06. The number of aromatic carboxylic acids is 1. The second-order valence-electron chi connectivity index (χ2n) is 4.63. The third kappa shape index (κ3) is 2.67. The molecule has 0 aliphatic heterocycles. The number of ether oxygens (including phenoxy) is 1. The first kappa shape index (κ1) is 15.2. The van der Waals surface area contributed by atoms with E-state index in [1.165, 1.54) is 0 Å². The number of alkyl halides is 3. The molecule has 8 heteroatoms. The van der Waals surface area contributed by atoms with Crippen LogP contribution in [0.2, 0.25) is 0 Å². The van der Waals surface area contributed by atoms with Gasteiger partial charge < -0.3 is 9.84 Å². The van der Waals surface area contributed by atoms with Crippen molar-refractivity contribution >= 4 is 17.3 Å². The molecular formula is C12H14F3NO3S. The van der Waals surface area contributed by atoms with Gasteiger partial charge in [-0.25, -0.2) is 9.78 Å². The summed E-state index contributed by atoms with van der Waals surface area (Å²) < 4.78 is 44.2. The van der Waals surface area contributed by atoms with Crippen LogP contribution in [0.5, 0.6) is 0 Å². The number of carboxylic acid groups (broad SMARTS) is 1. The van der Waals surface area contributed by atoms with Crippen LogP contribution >= 0.6 is 11.3 Å². The normalized spacial score (nSPS) is 18.4. The molecule has 1 aliphatic carbocycles. The molecule has 1 aromatic rings. The molecule has 1 aromatic heterocycles. The summed E-state index contributed by atoms with van der Waals surface area (Å²) in [6.45, 7) is 2.11. The van der Waals surface area contributed by atoms with E-state index >= 15 is 0 Å². The summed E-state index contributed by atoms with van der Waals surface area (Å²) in [5.74, 6) is -1.61. The topological polar surface area (TPSA) is 59.4 Å². The van der Waals surface area contributed by atoms with Crippen molar-refractivity contribution in [3.8, 4) is 0 Å². The van der Waals surface area contributed by atoms with E-state index in [1.807, 2.05) is 0 Å². The Morgan fingerprint density at radius 2 is 2.05 bits per heavy atom. The minimum atomic E-state index is -4.77. The average molecular weight is 309 g/mol. The molecule has 1 aliphatic rings. The van der Waals surface area contributed by atoms with Crippen LogP contribution < -0.4 is 0 Å². The third-order valence-corrected chi connectivity index (χ3v) is 4.54. The number of hydrogen-bond donors (Lipinski definition) is 1. The molecule has 1 saturated carbocycles. The van der Waals surface area contributed by atoms with E-state index in [0.29, 0.717) is 30.8 Å². The molecule has 112 valence electrons. The van der Waals surface area contributed by atoms with Crippen molar-refractivity contribution < 1.29 is 27.8 Å². The summed E-state index contributed by atoms with van der Waals surface area (Å²) in [6.07, 6.45) is -1.95. The predicted octanol–water partition coefficient (Wildman–Crippen LogP) is 3.67. The van der Waals surface area contributed by atoms with Gasteiger partial charge in [-0.1, -0.05) is 12.8 Å². The SMILES string of the molecule is CCOC1(c2nc(C(F)(F)F)c(C(=O)O)s2)CCCC1. The lowest BCUT2D eigenvalue weighted by Gasteiger charge is -2.26. The lowest BCUT2D eigenvalue weighted by atomic mass is 10.0. The molecule has 0 spiro atoms. The maximum Gasteiger partial charge on any atom is 0.435 e. The summed E-state index contributed by atoms with van der Waals surface area (Å²) in [7, 11) is 0. The van der Waals surface area contributed by atoms with Gasteiger partial charge in [0, 0.05) is 6.61 Å². The Kier molecular flexibility index (Phi) is 4.06. The number of rotatable bonds is 4. The van der Waals surface area contributed by atoms with E-state index in [9.17, 15) is 18.0 Å². The summed E-state index contributed by atoms with van der Waals surface area (Å²) in [4.78, 5) is 13.8. The van der Waals surface area contributed by atoms with E-state index < -0.39 is 28.3 Å². The van der Waals surface area contributed by atoms with E-state index in [0.717, 1.165) is 12.8 Å². The van der Waals surface area contributed by atoms with Gasteiger partial charge in [0.05, 0.1) is 0 Å². The molecule has 2 rings (SSSR count). The van der Waals surface area contributed by atoms with Crippen LogP contribution in [0.4, 0.5) is 13.2 Å². The van der Waals surface area contributed by atoms with Crippen molar-refractivity contribution in [3.05, 3.63) is 15.6 Å². The van der Waals surface area contributed by atoms with E-state index in [1.54, 1.807) is 6.92 Å². The molecule has 0 amide bonds. The van der Waals surface area contributed by atoms with Crippen LogP contribution in [-0.4, -0.2) is 22.7 Å². The molecule has 0 aromatic carbocycles. The number of thiazole rings is 1. The van der Waals surface area contributed by atoms with Crippen molar-refractivity contribution in [2.75, 3.05) is 6.61 Å². The molecule has 1 heterocycles. The van der Waals surface area contributed by atoms with Gasteiger partial charge in [0.25, 0.3) is 0 Å². The van der Waals surface area contributed by atoms with Crippen LogP contribution in [-0.2, 0) is 16.5 Å². The van der Waals surface area contributed by atoms with Gasteiger partial charge in [0.15, 0.2) is 5.69 Å². The Hall–Kier alpha value is -1.15. The highest BCUT2D eigenvalue weighted by molar-refractivity contribution is 7.13. The molecule has 0 atom stereocenters. The lowest BCUT2D eigenvalue weighted by molar-refractivity contribution is -0.141. The van der Waals surface area contributed by atoms with Crippen LogP contribution in [0.25, 0.3) is 0 Å². The summed E-state index contributed by atoms with van der Waals surface area (Å²) in [5.41, 5.74) is -2.18. The van der Waals surface area contributed by atoms with Crippen molar-refractivity contribution in [1.82, 2.24) is 4.98 Å². The van der Waals surface area contributed by atoms with Gasteiger partial charge in [0.2, 0.25) is 0 Å². The van der Waals surface area contributed by atoms with Crippen LogP contribution in [0.1, 0.15) is 53.0 Å². The zero-order valence-corrected chi connectivity index (χ0v) is 11.6. The maximum absolute atomic E-state index is 12.9. The van der Waals surface area contributed by atoms with Crippen LogP contribution in [0.15, 0.2) is 0 Å². The monoisotopic (exact) mass is 309 g/mol. The number of nitrogens with zero attached hydrogens (tertiary/aromatic N) is 1. The first-order valence-corrected chi connectivity index (χ1v) is 7.07. The van der Waals surface area contributed by atoms with Crippen molar-refractivity contribution in [3.63, 3.8) is 0 Å². The second-order valence-corrected chi connectivity index (χ2v) is 5.63. The van der Waals surface area contributed by atoms with E-state index in [2.05, 4.69) is 4.98 Å². The van der Waals surface area contributed by atoms with E-state index in [-0.39, 0.29) is 5.01 Å². The molecule has 4 nitrogen and oxygen atoms in total. The second kappa shape index (κ2) is 5.33. The predicted molar refractivity (Wildman–Crippen MR) is 65.8 cm³/mol.